The maximum atomic E-state index is 4.29. The fourth-order valence-corrected chi connectivity index (χ4v) is 1.77. The zero-order valence-corrected chi connectivity index (χ0v) is 10.2. The third-order valence-corrected chi connectivity index (χ3v) is 2.61. The zero-order valence-electron chi connectivity index (χ0n) is 10.2. The van der Waals surface area contributed by atoms with Crippen molar-refractivity contribution >= 4 is 17.3 Å². The minimum atomic E-state index is 0.584. The van der Waals surface area contributed by atoms with Gasteiger partial charge in [0.15, 0.2) is 0 Å². The van der Waals surface area contributed by atoms with Crippen LogP contribution < -0.4 is 5.32 Å². The molecular weight excluding hydrogens is 230 g/mol. The topological polar surface area (TPSA) is 72.9 Å². The van der Waals surface area contributed by atoms with E-state index in [0.717, 1.165) is 23.7 Å². The quantitative estimate of drug-likeness (QED) is 0.752. The number of anilines is 2. The van der Waals surface area contributed by atoms with E-state index in [4.69, 9.17) is 0 Å². The molecule has 3 heterocycles. The van der Waals surface area contributed by atoms with Crippen LogP contribution in [0.2, 0.25) is 0 Å². The summed E-state index contributed by atoms with van der Waals surface area (Å²) in [6, 6.07) is 1.92. The Kier molecular flexibility index (Phi) is 2.44. The number of rotatable bonds is 3. The van der Waals surface area contributed by atoms with Crippen molar-refractivity contribution in [3.63, 3.8) is 0 Å². The summed E-state index contributed by atoms with van der Waals surface area (Å²) in [6.07, 6.45) is 5.21. The Morgan fingerprint density at radius 3 is 3.00 bits per heavy atom. The minimum Gasteiger partial charge on any atom is -0.337 e. The average molecular weight is 243 g/mol. The number of aryl methyl sites for hydroxylation is 2. The lowest BCUT2D eigenvalue weighted by Gasteiger charge is -2.06. The lowest BCUT2D eigenvalue weighted by Crippen LogP contribution is -2.02. The van der Waals surface area contributed by atoms with Crippen LogP contribution in [0.3, 0.4) is 0 Å². The van der Waals surface area contributed by atoms with E-state index in [1.54, 1.807) is 10.7 Å². The molecule has 0 fully saturated rings. The van der Waals surface area contributed by atoms with E-state index < -0.39 is 0 Å². The largest absolute Gasteiger partial charge is 0.337 e. The fourth-order valence-electron chi connectivity index (χ4n) is 1.77. The van der Waals surface area contributed by atoms with E-state index in [0.29, 0.717) is 5.78 Å². The molecule has 7 nitrogen and oxygen atoms in total. The lowest BCUT2D eigenvalue weighted by atomic mass is 10.4. The Morgan fingerprint density at radius 1 is 1.33 bits per heavy atom. The Labute approximate surface area is 103 Å². The molecule has 92 valence electrons. The van der Waals surface area contributed by atoms with Gasteiger partial charge in [0.1, 0.15) is 12.1 Å². The molecule has 0 saturated carbocycles. The van der Waals surface area contributed by atoms with Crippen LogP contribution in [0.25, 0.3) is 5.78 Å². The maximum absolute atomic E-state index is 4.29. The van der Waals surface area contributed by atoms with E-state index in [2.05, 4.69) is 25.5 Å². The van der Waals surface area contributed by atoms with Crippen LogP contribution in [0.4, 0.5) is 11.5 Å². The molecule has 3 aromatic heterocycles. The highest BCUT2D eigenvalue weighted by molar-refractivity contribution is 5.56. The van der Waals surface area contributed by atoms with Crippen LogP contribution in [-0.2, 0) is 6.54 Å². The lowest BCUT2D eigenvalue weighted by molar-refractivity contribution is 0.660. The number of nitrogens with zero attached hydrogens (tertiary/aromatic N) is 6. The van der Waals surface area contributed by atoms with Crippen molar-refractivity contribution in [1.82, 2.24) is 29.4 Å². The van der Waals surface area contributed by atoms with Gasteiger partial charge in [-0.15, -0.1) is 0 Å². The second-order valence-corrected chi connectivity index (χ2v) is 3.96. The van der Waals surface area contributed by atoms with Crippen LogP contribution in [0.15, 0.2) is 24.8 Å². The Morgan fingerprint density at radius 2 is 2.22 bits per heavy atom. The van der Waals surface area contributed by atoms with Crippen LogP contribution >= 0.6 is 0 Å². The molecule has 0 saturated heterocycles. The molecule has 3 aromatic rings. The molecule has 0 radical (unpaired) electrons. The third-order valence-electron chi connectivity index (χ3n) is 2.61. The number of fused-ring (bicyclic) bond motifs is 1. The van der Waals surface area contributed by atoms with E-state index in [-0.39, 0.29) is 0 Å². The van der Waals surface area contributed by atoms with Gasteiger partial charge in [-0.25, -0.2) is 4.98 Å². The minimum absolute atomic E-state index is 0.584. The highest BCUT2D eigenvalue weighted by Gasteiger charge is 2.06. The van der Waals surface area contributed by atoms with Crippen LogP contribution in [-0.4, -0.2) is 29.4 Å². The molecule has 0 aliphatic rings. The molecular formula is C11H13N7. The zero-order chi connectivity index (χ0) is 12.5. The summed E-state index contributed by atoms with van der Waals surface area (Å²) in [7, 11) is 0. The van der Waals surface area contributed by atoms with Gasteiger partial charge in [0, 0.05) is 24.5 Å². The summed E-state index contributed by atoms with van der Waals surface area (Å²) in [5.74, 6) is 1.41. The molecule has 18 heavy (non-hydrogen) atoms. The smallest absolute Gasteiger partial charge is 0.254 e. The second-order valence-electron chi connectivity index (χ2n) is 3.96. The third kappa shape index (κ3) is 1.79. The first-order valence-corrected chi connectivity index (χ1v) is 5.73. The molecule has 7 heteroatoms. The Bertz CT molecular complexity index is 682. The summed E-state index contributed by atoms with van der Waals surface area (Å²) in [5, 5.41) is 11.6. The SMILES string of the molecule is CCn1cc(Nc2cc(C)nc3ncnn23)cn1. The average Bonchev–Trinajstić information content (AvgIpc) is 2.97. The van der Waals surface area contributed by atoms with Gasteiger partial charge in [-0.1, -0.05) is 0 Å². The van der Waals surface area contributed by atoms with Crippen molar-refractivity contribution in [2.75, 3.05) is 5.32 Å². The summed E-state index contributed by atoms with van der Waals surface area (Å²) < 4.78 is 3.52. The highest BCUT2D eigenvalue weighted by Crippen LogP contribution is 2.16. The molecule has 0 aliphatic heterocycles. The van der Waals surface area contributed by atoms with Crippen molar-refractivity contribution in [3.8, 4) is 0 Å². The Balaban J connectivity index is 2.00. The van der Waals surface area contributed by atoms with Crippen LogP contribution in [0.5, 0.6) is 0 Å². The molecule has 0 bridgehead atoms. The summed E-state index contributed by atoms with van der Waals surface area (Å²) >= 11 is 0. The van der Waals surface area contributed by atoms with Gasteiger partial charge in [-0.3, -0.25) is 4.68 Å². The van der Waals surface area contributed by atoms with E-state index in [9.17, 15) is 0 Å². The number of hydrogen-bond donors (Lipinski definition) is 1. The molecule has 0 aromatic carbocycles. The summed E-state index contributed by atoms with van der Waals surface area (Å²) in [4.78, 5) is 8.37. The van der Waals surface area contributed by atoms with Crippen molar-refractivity contribution in [3.05, 3.63) is 30.5 Å². The molecule has 3 rings (SSSR count). The molecule has 0 atom stereocenters. The van der Waals surface area contributed by atoms with Gasteiger partial charge >= 0.3 is 0 Å². The van der Waals surface area contributed by atoms with Gasteiger partial charge < -0.3 is 5.32 Å². The number of aromatic nitrogens is 6. The Hall–Kier alpha value is -2.44. The highest BCUT2D eigenvalue weighted by atomic mass is 15.4. The molecule has 0 amide bonds. The van der Waals surface area contributed by atoms with E-state index in [1.807, 2.05) is 30.8 Å². The predicted molar refractivity (Wildman–Crippen MR) is 66.7 cm³/mol. The van der Waals surface area contributed by atoms with Crippen molar-refractivity contribution < 1.29 is 0 Å². The standard InChI is InChI=1S/C11H13N7/c1-3-17-6-9(5-13-17)16-10-4-8(2)15-11-12-7-14-18(10)11/h4-7,16H,3H2,1-2H3. The molecule has 1 N–H and O–H groups in total. The van der Waals surface area contributed by atoms with Gasteiger partial charge in [0.25, 0.3) is 5.78 Å². The van der Waals surface area contributed by atoms with Crippen molar-refractivity contribution in [2.45, 2.75) is 20.4 Å². The fraction of sp³-hybridized carbons (Fsp3) is 0.273. The van der Waals surface area contributed by atoms with E-state index in [1.165, 1.54) is 6.33 Å². The van der Waals surface area contributed by atoms with Crippen molar-refractivity contribution in [1.29, 1.82) is 0 Å². The molecule has 0 spiro atoms. The second kappa shape index (κ2) is 4.10. The van der Waals surface area contributed by atoms with Crippen molar-refractivity contribution in [2.24, 2.45) is 0 Å². The van der Waals surface area contributed by atoms with Crippen LogP contribution in [0, 0.1) is 6.92 Å². The number of nitrogens with one attached hydrogen (secondary N) is 1. The summed E-state index contributed by atoms with van der Waals surface area (Å²) in [6.45, 7) is 4.81. The first kappa shape index (κ1) is 10.7. The van der Waals surface area contributed by atoms with Gasteiger partial charge in [0.05, 0.1) is 11.9 Å². The van der Waals surface area contributed by atoms with Gasteiger partial charge in [0.2, 0.25) is 0 Å². The van der Waals surface area contributed by atoms with Gasteiger partial charge in [-0.2, -0.15) is 19.7 Å². The molecule has 0 aliphatic carbocycles. The normalized spacial score (nSPS) is 11.0. The van der Waals surface area contributed by atoms with E-state index >= 15 is 0 Å². The number of hydrogen-bond acceptors (Lipinski definition) is 5. The first-order valence-electron chi connectivity index (χ1n) is 5.73. The predicted octanol–water partition coefficient (Wildman–Crippen LogP) is 1.39. The molecule has 0 unspecified atom stereocenters. The summed E-state index contributed by atoms with van der Waals surface area (Å²) in [5.41, 5.74) is 1.81. The van der Waals surface area contributed by atoms with Gasteiger partial charge in [-0.05, 0) is 13.8 Å². The van der Waals surface area contributed by atoms with Crippen LogP contribution in [0.1, 0.15) is 12.6 Å². The first-order chi connectivity index (χ1) is 8.76. The maximum Gasteiger partial charge on any atom is 0.254 e. The monoisotopic (exact) mass is 243 g/mol.